The van der Waals surface area contributed by atoms with Crippen LogP contribution in [0.15, 0.2) is 18.2 Å². The lowest BCUT2D eigenvalue weighted by Gasteiger charge is -2.12. The summed E-state index contributed by atoms with van der Waals surface area (Å²) < 4.78 is 36.2. The number of aliphatic hydroxyl groups excluding tert-OH is 1. The fourth-order valence-electron chi connectivity index (χ4n) is 0.911. The second-order valence-electron chi connectivity index (χ2n) is 2.60. The van der Waals surface area contributed by atoms with E-state index in [9.17, 15) is 13.2 Å². The zero-order valence-electron chi connectivity index (χ0n) is 6.90. The number of halogens is 4. The standard InChI is InChI=1S/C8H7F3INO/c9-8(10,11)13-7-2-1-5(4-14)3-6(7)12/h1-3,13-14H,4H2. The van der Waals surface area contributed by atoms with Gasteiger partial charge in [0, 0.05) is 3.57 Å². The van der Waals surface area contributed by atoms with Gasteiger partial charge in [0.1, 0.15) is 0 Å². The molecule has 0 unspecified atom stereocenters. The molecule has 78 valence electrons. The van der Waals surface area contributed by atoms with Crippen LogP contribution in [0.4, 0.5) is 18.9 Å². The number of benzene rings is 1. The average Bonchev–Trinajstić information content (AvgIpc) is 2.06. The third-order valence-corrected chi connectivity index (χ3v) is 2.38. The first-order valence-corrected chi connectivity index (χ1v) is 4.74. The molecule has 0 radical (unpaired) electrons. The maximum Gasteiger partial charge on any atom is 0.482 e. The predicted octanol–water partition coefficient (Wildman–Crippen LogP) is 2.72. The van der Waals surface area contributed by atoms with Gasteiger partial charge in [-0.05, 0) is 40.3 Å². The minimum atomic E-state index is -4.43. The van der Waals surface area contributed by atoms with E-state index in [1.165, 1.54) is 23.5 Å². The lowest BCUT2D eigenvalue weighted by atomic mass is 10.2. The molecule has 0 aliphatic carbocycles. The molecular formula is C8H7F3INO. The molecule has 1 aromatic rings. The summed E-state index contributed by atoms with van der Waals surface area (Å²) in [6, 6.07) is 4.23. The molecule has 2 N–H and O–H groups in total. The molecule has 0 saturated heterocycles. The van der Waals surface area contributed by atoms with E-state index < -0.39 is 6.30 Å². The SMILES string of the molecule is OCc1ccc(NC(F)(F)F)c(I)c1. The molecule has 0 bridgehead atoms. The maximum atomic E-state index is 11.9. The van der Waals surface area contributed by atoms with Crippen molar-refractivity contribution < 1.29 is 18.3 Å². The smallest absolute Gasteiger partial charge is 0.392 e. The van der Waals surface area contributed by atoms with E-state index in [0.29, 0.717) is 9.13 Å². The normalized spacial score (nSPS) is 11.5. The van der Waals surface area contributed by atoms with Crippen LogP contribution in [0, 0.1) is 3.57 Å². The minimum absolute atomic E-state index is 0.00435. The molecule has 1 rings (SSSR count). The molecule has 0 heterocycles. The van der Waals surface area contributed by atoms with E-state index in [4.69, 9.17) is 5.11 Å². The predicted molar refractivity (Wildman–Crippen MR) is 54.8 cm³/mol. The van der Waals surface area contributed by atoms with Crippen LogP contribution in [0.1, 0.15) is 5.56 Å². The zero-order valence-corrected chi connectivity index (χ0v) is 9.06. The molecule has 0 aliphatic heterocycles. The van der Waals surface area contributed by atoms with E-state index in [-0.39, 0.29) is 12.3 Å². The number of hydrogen-bond acceptors (Lipinski definition) is 2. The highest BCUT2D eigenvalue weighted by Gasteiger charge is 2.27. The van der Waals surface area contributed by atoms with Gasteiger partial charge >= 0.3 is 6.30 Å². The monoisotopic (exact) mass is 317 g/mol. The van der Waals surface area contributed by atoms with Crippen molar-refractivity contribution in [2.45, 2.75) is 12.9 Å². The first kappa shape index (κ1) is 11.6. The summed E-state index contributed by atoms with van der Waals surface area (Å²) in [6.45, 7) is -0.178. The van der Waals surface area contributed by atoms with Crippen molar-refractivity contribution in [3.63, 3.8) is 0 Å². The van der Waals surface area contributed by atoms with Gasteiger partial charge in [-0.15, -0.1) is 0 Å². The van der Waals surface area contributed by atoms with Crippen molar-refractivity contribution in [3.8, 4) is 0 Å². The molecule has 6 heteroatoms. The van der Waals surface area contributed by atoms with Gasteiger partial charge in [-0.25, -0.2) is 0 Å². The molecule has 0 aromatic heterocycles. The number of alkyl halides is 3. The lowest BCUT2D eigenvalue weighted by Crippen LogP contribution is -2.21. The van der Waals surface area contributed by atoms with Crippen molar-refractivity contribution in [1.29, 1.82) is 0 Å². The van der Waals surface area contributed by atoms with Crippen molar-refractivity contribution in [3.05, 3.63) is 27.3 Å². The van der Waals surface area contributed by atoms with Crippen LogP contribution in [0.2, 0.25) is 0 Å². The summed E-state index contributed by atoms with van der Waals surface area (Å²) >= 11 is 1.78. The molecule has 0 amide bonds. The molecule has 2 nitrogen and oxygen atoms in total. The molecule has 0 aliphatic rings. The van der Waals surface area contributed by atoms with Gasteiger partial charge in [0.25, 0.3) is 0 Å². The van der Waals surface area contributed by atoms with E-state index in [1.807, 2.05) is 0 Å². The quantitative estimate of drug-likeness (QED) is 0.649. The summed E-state index contributed by atoms with van der Waals surface area (Å²) in [6.07, 6.45) is -4.43. The van der Waals surface area contributed by atoms with Crippen LogP contribution in [-0.4, -0.2) is 11.4 Å². The molecule has 0 fully saturated rings. The topological polar surface area (TPSA) is 32.3 Å². The summed E-state index contributed by atoms with van der Waals surface area (Å²) in [7, 11) is 0. The Labute approximate surface area is 92.3 Å². The summed E-state index contributed by atoms with van der Waals surface area (Å²) in [5, 5.41) is 10.2. The van der Waals surface area contributed by atoms with Crippen LogP contribution in [-0.2, 0) is 6.61 Å². The third-order valence-electron chi connectivity index (χ3n) is 1.49. The molecule has 0 atom stereocenters. The van der Waals surface area contributed by atoms with Gasteiger partial charge in [-0.1, -0.05) is 6.07 Å². The van der Waals surface area contributed by atoms with Crippen molar-refractivity contribution >= 4 is 28.3 Å². The third kappa shape index (κ3) is 3.33. The van der Waals surface area contributed by atoms with E-state index in [1.54, 1.807) is 22.6 Å². The number of aliphatic hydroxyl groups is 1. The van der Waals surface area contributed by atoms with Gasteiger partial charge in [0.2, 0.25) is 0 Å². The Morgan fingerprint density at radius 1 is 1.36 bits per heavy atom. The minimum Gasteiger partial charge on any atom is -0.392 e. The lowest BCUT2D eigenvalue weighted by molar-refractivity contribution is -0.0999. The largest absolute Gasteiger partial charge is 0.482 e. The molecule has 0 spiro atoms. The second kappa shape index (κ2) is 4.35. The molecule has 14 heavy (non-hydrogen) atoms. The van der Waals surface area contributed by atoms with E-state index in [0.717, 1.165) is 0 Å². The second-order valence-corrected chi connectivity index (χ2v) is 3.76. The van der Waals surface area contributed by atoms with Gasteiger partial charge in [0.05, 0.1) is 12.3 Å². The van der Waals surface area contributed by atoms with Crippen molar-refractivity contribution in [1.82, 2.24) is 0 Å². The summed E-state index contributed by atoms with van der Waals surface area (Å²) in [4.78, 5) is 0. The first-order valence-electron chi connectivity index (χ1n) is 3.66. The fraction of sp³-hybridized carbons (Fsp3) is 0.250. The van der Waals surface area contributed by atoms with Crippen LogP contribution in [0.5, 0.6) is 0 Å². The first-order chi connectivity index (χ1) is 6.42. The molecule has 0 saturated carbocycles. The number of anilines is 1. The van der Waals surface area contributed by atoms with Crippen molar-refractivity contribution in [2.75, 3.05) is 5.32 Å². The van der Waals surface area contributed by atoms with Gasteiger partial charge in [-0.3, -0.25) is 5.32 Å². The Hall–Kier alpha value is -0.500. The fourth-order valence-corrected chi connectivity index (χ4v) is 1.63. The number of rotatable bonds is 2. The Bertz CT molecular complexity index is 327. The average molecular weight is 317 g/mol. The van der Waals surface area contributed by atoms with Gasteiger partial charge in [0.15, 0.2) is 0 Å². The Morgan fingerprint density at radius 3 is 2.43 bits per heavy atom. The van der Waals surface area contributed by atoms with Gasteiger partial charge < -0.3 is 5.11 Å². The van der Waals surface area contributed by atoms with Crippen LogP contribution in [0.3, 0.4) is 0 Å². The maximum absolute atomic E-state index is 11.9. The summed E-state index contributed by atoms with van der Waals surface area (Å²) in [5.74, 6) is 0. The zero-order chi connectivity index (χ0) is 10.8. The Kier molecular flexibility index (Phi) is 3.59. The molecular weight excluding hydrogens is 310 g/mol. The molecule has 1 aromatic carbocycles. The number of nitrogens with one attached hydrogen (secondary N) is 1. The summed E-state index contributed by atoms with van der Waals surface area (Å²) in [5.41, 5.74) is 0.581. The number of hydrogen-bond donors (Lipinski definition) is 2. The Balaban J connectivity index is 2.89. The van der Waals surface area contributed by atoms with E-state index in [2.05, 4.69) is 0 Å². The highest BCUT2D eigenvalue weighted by Crippen LogP contribution is 2.25. The highest BCUT2D eigenvalue weighted by molar-refractivity contribution is 14.1. The van der Waals surface area contributed by atoms with Gasteiger partial charge in [-0.2, -0.15) is 13.2 Å². The van der Waals surface area contributed by atoms with Crippen molar-refractivity contribution in [2.24, 2.45) is 0 Å². The van der Waals surface area contributed by atoms with Crippen LogP contribution >= 0.6 is 22.6 Å². The van der Waals surface area contributed by atoms with Crippen LogP contribution < -0.4 is 5.32 Å². The highest BCUT2D eigenvalue weighted by atomic mass is 127. The van der Waals surface area contributed by atoms with E-state index >= 15 is 0 Å². The van der Waals surface area contributed by atoms with Crippen LogP contribution in [0.25, 0.3) is 0 Å². The Morgan fingerprint density at radius 2 is 2.00 bits per heavy atom.